The molecule has 0 saturated carbocycles. The normalized spacial score (nSPS) is 10.2. The number of benzene rings is 1. The number of anilines is 1. The number of hydrogen-bond donors (Lipinski definition) is 0. The molecule has 72 valence electrons. The van der Waals surface area contributed by atoms with E-state index in [9.17, 15) is 0 Å². The van der Waals surface area contributed by atoms with Gasteiger partial charge in [0, 0.05) is 13.1 Å². The van der Waals surface area contributed by atoms with Gasteiger partial charge in [-0.3, -0.25) is 0 Å². The maximum atomic E-state index is 5.27. The number of nitrogens with zero attached hydrogens (tertiary/aromatic N) is 1. The van der Waals surface area contributed by atoms with E-state index in [1.54, 1.807) is 7.11 Å². The predicted octanol–water partition coefficient (Wildman–Crippen LogP) is 2.54. The second kappa shape index (κ2) is 4.17. The van der Waals surface area contributed by atoms with Gasteiger partial charge in [0.1, 0.15) is 5.75 Å². The molecule has 13 heavy (non-hydrogen) atoms. The Morgan fingerprint density at radius 2 is 1.85 bits per heavy atom. The fourth-order valence-electron chi connectivity index (χ4n) is 1.20. The van der Waals surface area contributed by atoms with Crippen molar-refractivity contribution in [2.24, 2.45) is 0 Å². The molecule has 0 bridgehead atoms. The maximum Gasteiger partial charge on any atom is 0.142 e. The van der Waals surface area contributed by atoms with Gasteiger partial charge in [0.05, 0.1) is 12.8 Å². The van der Waals surface area contributed by atoms with Crippen LogP contribution in [-0.2, 0) is 0 Å². The molecule has 0 N–H and O–H groups in total. The first-order valence-corrected chi connectivity index (χ1v) is 4.52. The number of rotatable bonds is 3. The van der Waals surface area contributed by atoms with E-state index in [0.29, 0.717) is 6.04 Å². The van der Waals surface area contributed by atoms with Gasteiger partial charge in [0.25, 0.3) is 0 Å². The highest BCUT2D eigenvalue weighted by atomic mass is 16.5. The molecule has 2 nitrogen and oxygen atoms in total. The number of ether oxygens (including phenoxy) is 1. The summed E-state index contributed by atoms with van der Waals surface area (Å²) in [5.41, 5.74) is 1.14. The molecule has 1 aromatic rings. The average Bonchev–Trinajstić information content (AvgIpc) is 2.16. The van der Waals surface area contributed by atoms with E-state index in [1.807, 2.05) is 18.2 Å². The molecular formula is C11H17NO. The van der Waals surface area contributed by atoms with E-state index >= 15 is 0 Å². The second-order valence-corrected chi connectivity index (χ2v) is 3.38. The Morgan fingerprint density at radius 3 is 2.38 bits per heavy atom. The van der Waals surface area contributed by atoms with Crippen LogP contribution in [0.5, 0.6) is 5.75 Å². The Kier molecular flexibility index (Phi) is 3.18. The van der Waals surface area contributed by atoms with Gasteiger partial charge in [0.2, 0.25) is 0 Å². The molecule has 0 radical (unpaired) electrons. The molecule has 1 aromatic carbocycles. The first-order chi connectivity index (χ1) is 6.16. The Balaban J connectivity index is 2.98. The van der Waals surface area contributed by atoms with Gasteiger partial charge in [-0.1, -0.05) is 12.1 Å². The zero-order valence-corrected chi connectivity index (χ0v) is 8.74. The van der Waals surface area contributed by atoms with E-state index in [0.717, 1.165) is 11.4 Å². The smallest absolute Gasteiger partial charge is 0.142 e. The fourth-order valence-corrected chi connectivity index (χ4v) is 1.20. The molecule has 0 unspecified atom stereocenters. The average molecular weight is 179 g/mol. The lowest BCUT2D eigenvalue weighted by molar-refractivity contribution is 0.414. The van der Waals surface area contributed by atoms with Gasteiger partial charge < -0.3 is 9.64 Å². The first-order valence-electron chi connectivity index (χ1n) is 4.52. The van der Waals surface area contributed by atoms with E-state index < -0.39 is 0 Å². The van der Waals surface area contributed by atoms with E-state index in [1.165, 1.54) is 0 Å². The Labute approximate surface area is 80.1 Å². The summed E-state index contributed by atoms with van der Waals surface area (Å²) in [5.74, 6) is 0.929. The van der Waals surface area contributed by atoms with Crippen LogP contribution in [0.3, 0.4) is 0 Å². The molecule has 0 saturated heterocycles. The maximum absolute atomic E-state index is 5.27. The largest absolute Gasteiger partial charge is 0.495 e. The Morgan fingerprint density at radius 1 is 1.23 bits per heavy atom. The minimum Gasteiger partial charge on any atom is -0.495 e. The minimum atomic E-state index is 0.483. The summed E-state index contributed by atoms with van der Waals surface area (Å²) in [6.07, 6.45) is 0. The summed E-state index contributed by atoms with van der Waals surface area (Å²) in [5, 5.41) is 0. The summed E-state index contributed by atoms with van der Waals surface area (Å²) in [6, 6.07) is 8.54. The van der Waals surface area contributed by atoms with Gasteiger partial charge in [-0.15, -0.1) is 0 Å². The molecule has 0 heterocycles. The predicted molar refractivity (Wildman–Crippen MR) is 56.5 cm³/mol. The summed E-state index contributed by atoms with van der Waals surface area (Å²) < 4.78 is 5.27. The second-order valence-electron chi connectivity index (χ2n) is 3.38. The standard InChI is InChI=1S/C11H17NO/c1-9(2)12(3)10-7-5-6-8-11(10)13-4/h5-9H,1-4H3. The van der Waals surface area contributed by atoms with Crippen molar-refractivity contribution >= 4 is 5.69 Å². The summed E-state index contributed by atoms with van der Waals surface area (Å²) >= 11 is 0. The van der Waals surface area contributed by atoms with Crippen LogP contribution >= 0.6 is 0 Å². The quantitative estimate of drug-likeness (QED) is 0.707. The molecule has 0 aliphatic heterocycles. The van der Waals surface area contributed by atoms with Crippen molar-refractivity contribution in [3.05, 3.63) is 24.3 Å². The number of methoxy groups -OCH3 is 1. The number of hydrogen-bond acceptors (Lipinski definition) is 2. The van der Waals surface area contributed by atoms with Gasteiger partial charge >= 0.3 is 0 Å². The highest BCUT2D eigenvalue weighted by Crippen LogP contribution is 2.27. The molecule has 2 heteroatoms. The summed E-state index contributed by atoms with van der Waals surface area (Å²) in [6.45, 7) is 4.32. The van der Waals surface area contributed by atoms with Gasteiger partial charge in [-0.25, -0.2) is 0 Å². The lowest BCUT2D eigenvalue weighted by atomic mass is 10.2. The van der Waals surface area contributed by atoms with Gasteiger partial charge in [0.15, 0.2) is 0 Å². The zero-order valence-electron chi connectivity index (χ0n) is 8.74. The van der Waals surface area contributed by atoms with E-state index in [2.05, 4.69) is 31.9 Å². The monoisotopic (exact) mass is 179 g/mol. The molecule has 0 amide bonds. The van der Waals surface area contributed by atoms with Crippen LogP contribution in [0.1, 0.15) is 13.8 Å². The van der Waals surface area contributed by atoms with Crippen molar-refractivity contribution in [3.63, 3.8) is 0 Å². The lowest BCUT2D eigenvalue weighted by Crippen LogP contribution is -2.25. The van der Waals surface area contributed by atoms with E-state index in [4.69, 9.17) is 4.74 Å². The third-order valence-corrected chi connectivity index (χ3v) is 2.24. The van der Waals surface area contributed by atoms with Crippen LogP contribution in [0, 0.1) is 0 Å². The van der Waals surface area contributed by atoms with Crippen LogP contribution in [0.15, 0.2) is 24.3 Å². The van der Waals surface area contributed by atoms with Gasteiger partial charge in [-0.05, 0) is 26.0 Å². The molecule has 0 atom stereocenters. The van der Waals surface area contributed by atoms with Gasteiger partial charge in [-0.2, -0.15) is 0 Å². The Hall–Kier alpha value is -1.18. The van der Waals surface area contributed by atoms with Crippen LogP contribution in [0.2, 0.25) is 0 Å². The van der Waals surface area contributed by atoms with Crippen molar-refractivity contribution in [1.82, 2.24) is 0 Å². The summed E-state index contributed by atoms with van der Waals surface area (Å²) in [7, 11) is 3.77. The number of para-hydroxylation sites is 2. The van der Waals surface area contributed by atoms with Crippen molar-refractivity contribution in [2.45, 2.75) is 19.9 Å². The zero-order chi connectivity index (χ0) is 9.84. The Bertz CT molecular complexity index is 271. The van der Waals surface area contributed by atoms with Crippen molar-refractivity contribution in [2.75, 3.05) is 19.1 Å². The minimum absolute atomic E-state index is 0.483. The van der Waals surface area contributed by atoms with Crippen LogP contribution in [0.25, 0.3) is 0 Å². The molecular weight excluding hydrogens is 162 g/mol. The molecule has 0 aliphatic rings. The van der Waals surface area contributed by atoms with E-state index in [-0.39, 0.29) is 0 Å². The topological polar surface area (TPSA) is 12.5 Å². The van der Waals surface area contributed by atoms with Crippen molar-refractivity contribution in [3.8, 4) is 5.75 Å². The van der Waals surface area contributed by atoms with Crippen molar-refractivity contribution in [1.29, 1.82) is 0 Å². The van der Waals surface area contributed by atoms with Crippen LogP contribution in [0.4, 0.5) is 5.69 Å². The van der Waals surface area contributed by atoms with Crippen molar-refractivity contribution < 1.29 is 4.74 Å². The highest BCUT2D eigenvalue weighted by molar-refractivity contribution is 5.58. The molecule has 0 aromatic heterocycles. The fraction of sp³-hybridized carbons (Fsp3) is 0.455. The first kappa shape index (κ1) is 9.90. The highest BCUT2D eigenvalue weighted by Gasteiger charge is 2.08. The SMILES string of the molecule is COc1ccccc1N(C)C(C)C. The molecule has 0 aliphatic carbocycles. The molecule has 0 spiro atoms. The third-order valence-electron chi connectivity index (χ3n) is 2.24. The third kappa shape index (κ3) is 2.14. The van der Waals surface area contributed by atoms with Crippen LogP contribution < -0.4 is 9.64 Å². The lowest BCUT2D eigenvalue weighted by Gasteiger charge is -2.25. The molecule has 0 fully saturated rings. The van der Waals surface area contributed by atoms with Crippen LogP contribution in [-0.4, -0.2) is 20.2 Å². The molecule has 1 rings (SSSR count). The summed E-state index contributed by atoms with van der Waals surface area (Å²) in [4.78, 5) is 2.19.